The number of carbonyl (C=O) groups is 1. The van der Waals surface area contributed by atoms with E-state index in [1.54, 1.807) is 12.1 Å². The van der Waals surface area contributed by atoms with Crippen molar-refractivity contribution in [3.05, 3.63) is 78.5 Å². The summed E-state index contributed by atoms with van der Waals surface area (Å²) in [6.07, 6.45) is 3.52. The van der Waals surface area contributed by atoms with E-state index in [2.05, 4.69) is 46.5 Å². The van der Waals surface area contributed by atoms with Gasteiger partial charge in [0, 0.05) is 31.4 Å². The van der Waals surface area contributed by atoms with Gasteiger partial charge in [0.1, 0.15) is 5.69 Å². The van der Waals surface area contributed by atoms with Gasteiger partial charge in [-0.05, 0) is 30.8 Å². The largest absolute Gasteiger partial charge is 0.459 e. The second-order valence-corrected chi connectivity index (χ2v) is 7.31. The summed E-state index contributed by atoms with van der Waals surface area (Å²) in [6.45, 7) is 1.97. The number of hydrogen-bond donors (Lipinski definition) is 0. The van der Waals surface area contributed by atoms with Crippen LogP contribution in [0.1, 0.15) is 22.3 Å². The number of likely N-dealkylation sites (N-methyl/N-ethyl adjacent to an activating group) is 1. The van der Waals surface area contributed by atoms with Gasteiger partial charge in [-0.15, -0.1) is 5.10 Å². The number of pyridine rings is 1. The molecule has 0 N–H and O–H groups in total. The highest BCUT2D eigenvalue weighted by Crippen LogP contribution is 2.28. The van der Waals surface area contributed by atoms with E-state index >= 15 is 0 Å². The topological polar surface area (TPSA) is 66.9 Å². The Hall–Kier alpha value is -3.45. The summed E-state index contributed by atoms with van der Waals surface area (Å²) < 4.78 is 7.11. The maximum atomic E-state index is 12.7. The molecule has 7 nitrogen and oxygen atoms in total. The number of benzene rings is 1. The van der Waals surface area contributed by atoms with Crippen LogP contribution < -0.4 is 0 Å². The Balaban J connectivity index is 1.45. The molecule has 0 spiro atoms. The highest BCUT2D eigenvalue weighted by atomic mass is 16.3. The predicted octanol–water partition coefficient (Wildman–Crippen LogP) is 3.12. The number of rotatable bonds is 3. The lowest BCUT2D eigenvalue weighted by Crippen LogP contribution is -2.49. The van der Waals surface area contributed by atoms with Crippen molar-refractivity contribution in [1.29, 1.82) is 0 Å². The van der Waals surface area contributed by atoms with Crippen LogP contribution in [0.2, 0.25) is 0 Å². The lowest BCUT2D eigenvalue weighted by molar-refractivity contribution is 0.0513. The molecule has 1 aromatic carbocycles. The molecular formula is C22H21N5O2. The standard InChI is InChI=1S/C22H21N5O2/c1-25-11-12-26(22(28)20-8-5-13-29-20)15-19(25)21-18-10-9-17(14-27(18)24-23-21)16-6-3-2-4-7-16/h2-10,13-14,19H,11-12,15H2,1H3. The molecule has 1 aliphatic rings. The van der Waals surface area contributed by atoms with E-state index in [9.17, 15) is 4.79 Å². The molecule has 0 bridgehead atoms. The zero-order valence-electron chi connectivity index (χ0n) is 16.1. The highest BCUT2D eigenvalue weighted by molar-refractivity contribution is 5.91. The van der Waals surface area contributed by atoms with Gasteiger partial charge in [0.15, 0.2) is 5.76 Å². The molecule has 0 saturated carbocycles. The molecule has 1 fully saturated rings. The molecular weight excluding hydrogens is 366 g/mol. The number of amides is 1. The molecule has 1 saturated heterocycles. The minimum Gasteiger partial charge on any atom is -0.459 e. The molecule has 29 heavy (non-hydrogen) atoms. The van der Waals surface area contributed by atoms with Gasteiger partial charge < -0.3 is 9.32 Å². The van der Waals surface area contributed by atoms with Crippen LogP contribution in [0.4, 0.5) is 0 Å². The zero-order chi connectivity index (χ0) is 19.8. The lowest BCUT2D eigenvalue weighted by Gasteiger charge is -2.38. The van der Waals surface area contributed by atoms with Crippen molar-refractivity contribution in [2.24, 2.45) is 0 Å². The van der Waals surface area contributed by atoms with Crippen LogP contribution in [-0.2, 0) is 0 Å². The first-order valence-corrected chi connectivity index (χ1v) is 9.64. The third-order valence-electron chi connectivity index (χ3n) is 5.53. The van der Waals surface area contributed by atoms with Gasteiger partial charge in [-0.2, -0.15) is 0 Å². The normalized spacial score (nSPS) is 17.7. The van der Waals surface area contributed by atoms with E-state index in [1.165, 1.54) is 6.26 Å². The maximum absolute atomic E-state index is 12.7. The molecule has 1 aliphatic heterocycles. The Kier molecular flexibility index (Phi) is 4.37. The second-order valence-electron chi connectivity index (χ2n) is 7.31. The Morgan fingerprint density at radius 2 is 1.90 bits per heavy atom. The fraction of sp³-hybridized carbons (Fsp3) is 0.227. The minimum atomic E-state index is -0.0871. The van der Waals surface area contributed by atoms with Crippen LogP contribution in [-0.4, -0.2) is 57.2 Å². The summed E-state index contributed by atoms with van der Waals surface area (Å²) in [7, 11) is 2.06. The van der Waals surface area contributed by atoms with Crippen molar-refractivity contribution in [1.82, 2.24) is 24.6 Å². The van der Waals surface area contributed by atoms with Gasteiger partial charge in [0.2, 0.25) is 0 Å². The first-order chi connectivity index (χ1) is 14.2. The molecule has 1 atom stereocenters. The Bertz CT molecular complexity index is 1140. The summed E-state index contributed by atoms with van der Waals surface area (Å²) in [5.41, 5.74) is 4.05. The first-order valence-electron chi connectivity index (χ1n) is 9.64. The van der Waals surface area contributed by atoms with Crippen LogP contribution >= 0.6 is 0 Å². The number of nitrogens with zero attached hydrogens (tertiary/aromatic N) is 5. The molecule has 0 radical (unpaired) electrons. The smallest absolute Gasteiger partial charge is 0.289 e. The van der Waals surface area contributed by atoms with E-state index in [1.807, 2.05) is 33.8 Å². The Labute approximate surface area is 168 Å². The summed E-state index contributed by atoms with van der Waals surface area (Å²) in [5.74, 6) is 0.282. The first kappa shape index (κ1) is 17.6. The Morgan fingerprint density at radius 1 is 1.03 bits per heavy atom. The van der Waals surface area contributed by atoms with Crippen molar-refractivity contribution in [2.45, 2.75) is 6.04 Å². The molecule has 7 heteroatoms. The monoisotopic (exact) mass is 387 g/mol. The second kappa shape index (κ2) is 7.18. The number of fused-ring (bicyclic) bond motifs is 1. The van der Waals surface area contributed by atoms with Crippen molar-refractivity contribution >= 4 is 11.4 Å². The molecule has 4 heterocycles. The van der Waals surface area contributed by atoms with Gasteiger partial charge in [-0.3, -0.25) is 9.69 Å². The van der Waals surface area contributed by atoms with Crippen LogP contribution in [0.15, 0.2) is 71.5 Å². The SMILES string of the molecule is CN1CCN(C(=O)c2ccco2)CC1c1nnn2cc(-c3ccccc3)ccc12. The molecule has 146 valence electrons. The molecule has 4 aromatic rings. The average Bonchev–Trinajstić information content (AvgIpc) is 3.44. The lowest BCUT2D eigenvalue weighted by atomic mass is 10.1. The number of hydrogen-bond acceptors (Lipinski definition) is 5. The summed E-state index contributed by atoms with van der Waals surface area (Å²) >= 11 is 0. The Morgan fingerprint density at radius 3 is 2.69 bits per heavy atom. The van der Waals surface area contributed by atoms with Gasteiger partial charge in [-0.25, -0.2) is 4.52 Å². The predicted molar refractivity (Wildman–Crippen MR) is 108 cm³/mol. The maximum Gasteiger partial charge on any atom is 0.289 e. The number of aromatic nitrogens is 3. The third-order valence-corrected chi connectivity index (χ3v) is 5.53. The van der Waals surface area contributed by atoms with Crippen molar-refractivity contribution in [3.63, 3.8) is 0 Å². The highest BCUT2D eigenvalue weighted by Gasteiger charge is 2.32. The summed E-state index contributed by atoms with van der Waals surface area (Å²) in [4.78, 5) is 16.8. The van der Waals surface area contributed by atoms with Crippen LogP contribution in [0.3, 0.4) is 0 Å². The van der Waals surface area contributed by atoms with Crippen molar-refractivity contribution in [3.8, 4) is 11.1 Å². The molecule has 0 aliphatic carbocycles. The van der Waals surface area contributed by atoms with Gasteiger partial charge in [-0.1, -0.05) is 41.6 Å². The van der Waals surface area contributed by atoms with Gasteiger partial charge in [0.05, 0.1) is 17.8 Å². The van der Waals surface area contributed by atoms with E-state index in [0.29, 0.717) is 18.8 Å². The summed E-state index contributed by atoms with van der Waals surface area (Å²) in [5, 5.41) is 8.82. The van der Waals surface area contributed by atoms with Crippen molar-refractivity contribution in [2.75, 3.05) is 26.7 Å². The number of piperazine rings is 1. The quantitative estimate of drug-likeness (QED) is 0.540. The van der Waals surface area contributed by atoms with E-state index in [4.69, 9.17) is 4.42 Å². The average molecular weight is 387 g/mol. The van der Waals surface area contributed by atoms with Crippen LogP contribution in [0, 0.1) is 0 Å². The summed E-state index contributed by atoms with van der Waals surface area (Å²) in [6, 6.07) is 17.8. The van der Waals surface area contributed by atoms with E-state index in [-0.39, 0.29) is 11.9 Å². The number of carbonyl (C=O) groups excluding carboxylic acids is 1. The zero-order valence-corrected chi connectivity index (χ0v) is 16.1. The molecule has 1 amide bonds. The fourth-order valence-electron chi connectivity index (χ4n) is 3.86. The van der Waals surface area contributed by atoms with Crippen LogP contribution in [0.25, 0.3) is 16.6 Å². The van der Waals surface area contributed by atoms with Gasteiger partial charge in [0.25, 0.3) is 5.91 Å². The van der Waals surface area contributed by atoms with Gasteiger partial charge >= 0.3 is 0 Å². The van der Waals surface area contributed by atoms with Crippen LogP contribution in [0.5, 0.6) is 0 Å². The van der Waals surface area contributed by atoms with E-state index < -0.39 is 0 Å². The van der Waals surface area contributed by atoms with Crippen molar-refractivity contribution < 1.29 is 9.21 Å². The number of furan rings is 1. The minimum absolute atomic E-state index is 0.0252. The van der Waals surface area contributed by atoms with E-state index in [0.717, 1.165) is 28.9 Å². The fourth-order valence-corrected chi connectivity index (χ4v) is 3.86. The molecule has 3 aromatic heterocycles. The molecule has 5 rings (SSSR count). The molecule has 1 unspecified atom stereocenters. The third kappa shape index (κ3) is 3.19.